The number of ether oxygens (including phenoxy) is 2. The number of hydrogen-bond donors (Lipinski definition) is 1. The van der Waals surface area contributed by atoms with E-state index in [1.807, 2.05) is 62.4 Å². The summed E-state index contributed by atoms with van der Waals surface area (Å²) in [6.45, 7) is 4.86. The van der Waals surface area contributed by atoms with Gasteiger partial charge in [0.2, 0.25) is 11.1 Å². The summed E-state index contributed by atoms with van der Waals surface area (Å²) in [5.41, 5.74) is 1.75. The molecule has 3 aromatic rings. The average molecular weight is 414 g/mol. The maximum atomic E-state index is 12.5. The number of carbonyl (C=O) groups is 1. The predicted molar refractivity (Wildman–Crippen MR) is 111 cm³/mol. The van der Waals surface area contributed by atoms with Crippen LogP contribution >= 0.6 is 11.8 Å². The number of anilines is 1. The molecule has 0 radical (unpaired) electrons. The van der Waals surface area contributed by atoms with Crippen LogP contribution in [0.15, 0.2) is 53.7 Å². The number of rotatable bonds is 9. The zero-order chi connectivity index (χ0) is 20.6. The van der Waals surface area contributed by atoms with Crippen LogP contribution in [0.4, 0.5) is 5.69 Å². The molecule has 0 fully saturated rings. The second-order valence-corrected chi connectivity index (χ2v) is 7.48. The van der Waals surface area contributed by atoms with Crippen molar-refractivity contribution in [1.29, 1.82) is 0 Å². The van der Waals surface area contributed by atoms with E-state index in [1.54, 1.807) is 11.8 Å². The van der Waals surface area contributed by atoms with Crippen LogP contribution in [0.5, 0.6) is 11.5 Å². The monoisotopic (exact) mass is 413 g/mol. The minimum absolute atomic E-state index is 0.127. The molecule has 0 saturated carbocycles. The first-order chi connectivity index (χ1) is 14.1. The third-order valence-electron chi connectivity index (χ3n) is 4.07. The number of thioether (sulfide) groups is 1. The molecule has 1 heterocycles. The first-order valence-electron chi connectivity index (χ1n) is 9.18. The van der Waals surface area contributed by atoms with Gasteiger partial charge in [0, 0.05) is 5.69 Å². The zero-order valence-electron chi connectivity index (χ0n) is 16.5. The van der Waals surface area contributed by atoms with Crippen LogP contribution in [-0.4, -0.2) is 45.1 Å². The molecule has 1 N–H and O–H groups in total. The Kier molecular flexibility index (Phi) is 7.07. The molecule has 1 aromatic heterocycles. The molecule has 152 valence electrons. The Morgan fingerprint density at radius 1 is 1.14 bits per heavy atom. The van der Waals surface area contributed by atoms with E-state index < -0.39 is 0 Å². The second-order valence-electron chi connectivity index (χ2n) is 6.17. The fourth-order valence-electron chi connectivity index (χ4n) is 2.54. The third-order valence-corrected chi connectivity index (χ3v) is 5.15. The minimum atomic E-state index is -0.373. The number of benzene rings is 2. The zero-order valence-corrected chi connectivity index (χ0v) is 17.3. The van der Waals surface area contributed by atoms with Crippen molar-refractivity contribution < 1.29 is 14.3 Å². The Labute approximate surface area is 173 Å². The summed E-state index contributed by atoms with van der Waals surface area (Å²) in [6.07, 6.45) is 0. The molecule has 8 nitrogen and oxygen atoms in total. The lowest BCUT2D eigenvalue weighted by molar-refractivity contribution is -0.115. The van der Waals surface area contributed by atoms with E-state index in [4.69, 9.17) is 9.47 Å². The Balaban J connectivity index is 1.59. The Bertz CT molecular complexity index is 928. The van der Waals surface area contributed by atoms with Crippen molar-refractivity contribution in [3.05, 3.63) is 54.1 Å². The molecular formula is C20H23N5O3S. The number of nitrogens with one attached hydrogen (secondary N) is 1. The number of amides is 1. The third kappa shape index (κ3) is 5.71. The number of hydrogen-bond acceptors (Lipinski definition) is 7. The maximum Gasteiger partial charge on any atom is 0.237 e. The summed E-state index contributed by atoms with van der Waals surface area (Å²) in [5, 5.41) is 14.9. The van der Waals surface area contributed by atoms with E-state index in [1.165, 1.54) is 11.8 Å². The minimum Gasteiger partial charge on any atom is -0.497 e. The molecule has 0 saturated heterocycles. The lowest BCUT2D eigenvalue weighted by Gasteiger charge is -2.12. The van der Waals surface area contributed by atoms with Crippen molar-refractivity contribution in [3.8, 4) is 11.5 Å². The number of tetrazole rings is 1. The standard InChI is InChI=1S/C20H23N5O3S/c1-4-28-18-11-7-16(8-12-18)21-19(26)14(2)29-20-22-23-24-25(20)13-15-5-9-17(27-3)10-6-15/h5-12,14H,4,13H2,1-3H3,(H,21,26). The smallest absolute Gasteiger partial charge is 0.237 e. The van der Waals surface area contributed by atoms with Crippen molar-refractivity contribution in [2.24, 2.45) is 0 Å². The van der Waals surface area contributed by atoms with Crippen LogP contribution in [0.3, 0.4) is 0 Å². The van der Waals surface area contributed by atoms with Gasteiger partial charge in [-0.15, -0.1) is 5.10 Å². The molecule has 0 aliphatic rings. The molecule has 1 atom stereocenters. The summed E-state index contributed by atoms with van der Waals surface area (Å²) < 4.78 is 12.3. The molecule has 0 aliphatic heterocycles. The quantitative estimate of drug-likeness (QED) is 0.539. The van der Waals surface area contributed by atoms with Gasteiger partial charge in [0.05, 0.1) is 25.5 Å². The van der Waals surface area contributed by atoms with Gasteiger partial charge < -0.3 is 14.8 Å². The van der Waals surface area contributed by atoms with Crippen molar-refractivity contribution in [2.45, 2.75) is 30.8 Å². The van der Waals surface area contributed by atoms with Crippen molar-refractivity contribution in [3.63, 3.8) is 0 Å². The van der Waals surface area contributed by atoms with E-state index in [2.05, 4.69) is 20.8 Å². The molecular weight excluding hydrogens is 390 g/mol. The highest BCUT2D eigenvalue weighted by Gasteiger charge is 2.19. The maximum absolute atomic E-state index is 12.5. The molecule has 0 spiro atoms. The summed E-state index contributed by atoms with van der Waals surface area (Å²) in [7, 11) is 1.63. The fraction of sp³-hybridized carbons (Fsp3) is 0.300. The number of carbonyl (C=O) groups excluding carboxylic acids is 1. The van der Waals surface area contributed by atoms with E-state index in [9.17, 15) is 4.79 Å². The molecule has 29 heavy (non-hydrogen) atoms. The van der Waals surface area contributed by atoms with Crippen molar-refractivity contribution >= 4 is 23.4 Å². The second kappa shape index (κ2) is 9.92. The molecule has 0 bridgehead atoms. The number of nitrogens with zero attached hydrogens (tertiary/aromatic N) is 4. The Morgan fingerprint density at radius 2 is 1.83 bits per heavy atom. The Morgan fingerprint density at radius 3 is 2.48 bits per heavy atom. The van der Waals surface area contributed by atoms with Crippen LogP contribution in [-0.2, 0) is 11.3 Å². The number of aromatic nitrogens is 4. The first kappa shape index (κ1) is 20.7. The van der Waals surface area contributed by atoms with Crippen LogP contribution in [0, 0.1) is 0 Å². The highest BCUT2D eigenvalue weighted by atomic mass is 32.2. The lowest BCUT2D eigenvalue weighted by atomic mass is 10.2. The highest BCUT2D eigenvalue weighted by Crippen LogP contribution is 2.23. The van der Waals surface area contributed by atoms with Crippen LogP contribution in [0.1, 0.15) is 19.4 Å². The molecule has 9 heteroatoms. The molecule has 1 unspecified atom stereocenters. The van der Waals surface area contributed by atoms with Gasteiger partial charge in [-0.2, -0.15) is 0 Å². The SMILES string of the molecule is CCOc1ccc(NC(=O)C(C)Sc2nnnn2Cc2ccc(OC)cc2)cc1. The summed E-state index contributed by atoms with van der Waals surface area (Å²) >= 11 is 1.31. The lowest BCUT2D eigenvalue weighted by Crippen LogP contribution is -2.23. The van der Waals surface area contributed by atoms with Crippen molar-refractivity contribution in [1.82, 2.24) is 20.2 Å². The van der Waals surface area contributed by atoms with Gasteiger partial charge >= 0.3 is 0 Å². The van der Waals surface area contributed by atoms with E-state index in [0.717, 1.165) is 17.1 Å². The summed E-state index contributed by atoms with van der Waals surface area (Å²) in [6, 6.07) is 15.0. The number of methoxy groups -OCH3 is 1. The topological polar surface area (TPSA) is 91.2 Å². The summed E-state index contributed by atoms with van der Waals surface area (Å²) in [5.74, 6) is 1.43. The van der Waals surface area contributed by atoms with Crippen LogP contribution < -0.4 is 14.8 Å². The van der Waals surface area contributed by atoms with Gasteiger partial charge in [0.1, 0.15) is 11.5 Å². The average Bonchev–Trinajstić information content (AvgIpc) is 3.16. The van der Waals surface area contributed by atoms with Crippen LogP contribution in [0.2, 0.25) is 0 Å². The van der Waals surface area contributed by atoms with Crippen molar-refractivity contribution in [2.75, 3.05) is 19.0 Å². The van der Waals surface area contributed by atoms with Gasteiger partial charge in [0.15, 0.2) is 0 Å². The molecule has 3 rings (SSSR count). The van der Waals surface area contributed by atoms with Gasteiger partial charge in [-0.25, -0.2) is 4.68 Å². The van der Waals surface area contributed by atoms with E-state index >= 15 is 0 Å². The van der Waals surface area contributed by atoms with E-state index in [-0.39, 0.29) is 11.2 Å². The van der Waals surface area contributed by atoms with Gasteiger partial charge in [-0.05, 0) is 66.2 Å². The molecule has 0 aliphatic carbocycles. The van der Waals surface area contributed by atoms with E-state index in [0.29, 0.717) is 24.0 Å². The first-order valence-corrected chi connectivity index (χ1v) is 10.1. The predicted octanol–water partition coefficient (Wildman–Crippen LogP) is 3.25. The molecule has 1 amide bonds. The summed E-state index contributed by atoms with van der Waals surface area (Å²) in [4.78, 5) is 12.5. The highest BCUT2D eigenvalue weighted by molar-refractivity contribution is 8.00. The molecule has 2 aromatic carbocycles. The van der Waals surface area contributed by atoms with Gasteiger partial charge in [-0.3, -0.25) is 4.79 Å². The Hall–Kier alpha value is -3.07. The largest absolute Gasteiger partial charge is 0.497 e. The van der Waals surface area contributed by atoms with Gasteiger partial charge in [-0.1, -0.05) is 23.9 Å². The van der Waals surface area contributed by atoms with Crippen LogP contribution in [0.25, 0.3) is 0 Å². The van der Waals surface area contributed by atoms with Gasteiger partial charge in [0.25, 0.3) is 0 Å². The normalized spacial score (nSPS) is 11.7. The fourth-order valence-corrected chi connectivity index (χ4v) is 3.33.